The average Bonchev–Trinajstić information content (AvgIpc) is 2.54. The number of anilines is 1. The largest absolute Gasteiger partial charge is 0.493 e. The first-order chi connectivity index (χ1) is 10.6. The quantitative estimate of drug-likeness (QED) is 0.886. The van der Waals surface area contributed by atoms with Gasteiger partial charge in [0, 0.05) is 0 Å². The molecule has 0 aliphatic heterocycles. The molecule has 0 heterocycles. The Hall–Kier alpha value is -2.74. The molecule has 4 nitrogen and oxygen atoms in total. The smallest absolute Gasteiger partial charge is 0.161 e. The molecule has 0 bridgehead atoms. The lowest BCUT2D eigenvalue weighted by Gasteiger charge is -2.18. The lowest BCUT2D eigenvalue weighted by molar-refractivity contribution is 0.223. The number of hydrogen-bond acceptors (Lipinski definition) is 4. The average molecular weight is 300 g/mol. The van der Waals surface area contributed by atoms with Crippen LogP contribution in [0.1, 0.15) is 12.5 Å². The third-order valence-electron chi connectivity index (χ3n) is 3.08. The first-order valence-corrected chi connectivity index (χ1v) is 6.87. The maximum Gasteiger partial charge on any atom is 0.161 e. The molecule has 0 fully saturated rings. The number of methoxy groups -OCH3 is 1. The van der Waals surface area contributed by atoms with Gasteiger partial charge in [-0.2, -0.15) is 5.26 Å². The molecule has 0 spiro atoms. The Bertz CT molecular complexity index is 683. The summed E-state index contributed by atoms with van der Waals surface area (Å²) in [5.74, 6) is 0.883. The van der Waals surface area contributed by atoms with Gasteiger partial charge in [-0.05, 0) is 37.3 Å². The summed E-state index contributed by atoms with van der Waals surface area (Å²) in [6.07, 6.45) is -0.159. The SMILES string of the molecule is COc1ccccc1OC(C)CNc1ccc(F)cc1C#N. The van der Waals surface area contributed by atoms with Crippen LogP contribution in [0.4, 0.5) is 10.1 Å². The van der Waals surface area contributed by atoms with Crippen LogP contribution in [0.2, 0.25) is 0 Å². The van der Waals surface area contributed by atoms with Crippen molar-refractivity contribution in [3.05, 3.63) is 53.8 Å². The van der Waals surface area contributed by atoms with E-state index in [4.69, 9.17) is 14.7 Å². The van der Waals surface area contributed by atoms with Crippen LogP contribution in [0.25, 0.3) is 0 Å². The van der Waals surface area contributed by atoms with Crippen molar-refractivity contribution in [3.63, 3.8) is 0 Å². The molecule has 0 saturated heterocycles. The lowest BCUT2D eigenvalue weighted by Crippen LogP contribution is -2.23. The molecule has 0 aliphatic rings. The summed E-state index contributed by atoms with van der Waals surface area (Å²) in [7, 11) is 1.59. The summed E-state index contributed by atoms with van der Waals surface area (Å²) in [5, 5.41) is 12.1. The molecule has 1 unspecified atom stereocenters. The molecule has 0 radical (unpaired) electrons. The first kappa shape index (κ1) is 15.6. The van der Waals surface area contributed by atoms with Gasteiger partial charge >= 0.3 is 0 Å². The molecule has 1 N–H and O–H groups in total. The van der Waals surface area contributed by atoms with E-state index in [-0.39, 0.29) is 11.7 Å². The molecule has 2 rings (SSSR count). The van der Waals surface area contributed by atoms with E-state index in [0.717, 1.165) is 0 Å². The highest BCUT2D eigenvalue weighted by atomic mass is 19.1. The fourth-order valence-corrected chi connectivity index (χ4v) is 1.99. The van der Waals surface area contributed by atoms with E-state index in [1.807, 2.05) is 37.3 Å². The highest BCUT2D eigenvalue weighted by Gasteiger charge is 2.10. The van der Waals surface area contributed by atoms with Gasteiger partial charge in [0.05, 0.1) is 24.9 Å². The minimum atomic E-state index is -0.430. The van der Waals surface area contributed by atoms with Crippen LogP contribution in [0, 0.1) is 17.1 Å². The van der Waals surface area contributed by atoms with Crippen molar-refractivity contribution >= 4 is 5.69 Å². The van der Waals surface area contributed by atoms with Gasteiger partial charge in [-0.1, -0.05) is 12.1 Å². The number of hydrogen-bond donors (Lipinski definition) is 1. The van der Waals surface area contributed by atoms with Crippen LogP contribution >= 0.6 is 0 Å². The Morgan fingerprint density at radius 3 is 2.64 bits per heavy atom. The maximum atomic E-state index is 13.1. The van der Waals surface area contributed by atoms with E-state index < -0.39 is 5.82 Å². The van der Waals surface area contributed by atoms with Crippen molar-refractivity contribution in [1.29, 1.82) is 5.26 Å². The summed E-state index contributed by atoms with van der Waals surface area (Å²) in [5.41, 5.74) is 0.851. The Kier molecular flexibility index (Phi) is 5.21. The van der Waals surface area contributed by atoms with Gasteiger partial charge in [0.2, 0.25) is 0 Å². The van der Waals surface area contributed by atoms with Crippen molar-refractivity contribution in [2.75, 3.05) is 19.0 Å². The minimum absolute atomic E-state index is 0.159. The summed E-state index contributed by atoms with van der Waals surface area (Å²) < 4.78 is 24.1. The number of benzene rings is 2. The number of nitrogens with zero attached hydrogens (tertiary/aromatic N) is 1. The van der Waals surface area contributed by atoms with Crippen molar-refractivity contribution in [2.24, 2.45) is 0 Å². The highest BCUT2D eigenvalue weighted by molar-refractivity contribution is 5.57. The van der Waals surface area contributed by atoms with Crippen LogP contribution in [0.15, 0.2) is 42.5 Å². The number of para-hydroxylation sites is 2. The Balaban J connectivity index is 1.99. The van der Waals surface area contributed by atoms with E-state index in [0.29, 0.717) is 23.7 Å². The number of halogens is 1. The second-order valence-corrected chi connectivity index (χ2v) is 4.76. The molecule has 1 atom stereocenters. The van der Waals surface area contributed by atoms with Crippen LogP contribution in [-0.4, -0.2) is 19.8 Å². The summed E-state index contributed by atoms with van der Waals surface area (Å²) in [6, 6.07) is 13.4. The zero-order valence-corrected chi connectivity index (χ0v) is 12.5. The summed E-state index contributed by atoms with van der Waals surface area (Å²) in [6.45, 7) is 2.37. The molecule has 0 aliphatic carbocycles. The van der Waals surface area contributed by atoms with Crippen molar-refractivity contribution in [1.82, 2.24) is 0 Å². The Morgan fingerprint density at radius 1 is 1.23 bits per heavy atom. The van der Waals surface area contributed by atoms with Crippen LogP contribution < -0.4 is 14.8 Å². The molecular formula is C17H17FN2O2. The van der Waals surface area contributed by atoms with Crippen LogP contribution in [-0.2, 0) is 0 Å². The zero-order valence-electron chi connectivity index (χ0n) is 12.5. The first-order valence-electron chi connectivity index (χ1n) is 6.87. The third-order valence-corrected chi connectivity index (χ3v) is 3.08. The molecule has 114 valence electrons. The molecular weight excluding hydrogens is 283 g/mol. The number of ether oxygens (including phenoxy) is 2. The molecule has 2 aromatic rings. The fourth-order valence-electron chi connectivity index (χ4n) is 1.99. The number of nitrogens with one attached hydrogen (secondary N) is 1. The van der Waals surface area contributed by atoms with E-state index in [2.05, 4.69) is 5.32 Å². The summed E-state index contributed by atoms with van der Waals surface area (Å²) >= 11 is 0. The predicted molar refractivity (Wildman–Crippen MR) is 82.7 cm³/mol. The molecule has 0 saturated carbocycles. The normalized spacial score (nSPS) is 11.4. The monoisotopic (exact) mass is 300 g/mol. The van der Waals surface area contributed by atoms with Gasteiger partial charge in [0.15, 0.2) is 11.5 Å². The van der Waals surface area contributed by atoms with E-state index in [9.17, 15) is 4.39 Å². The van der Waals surface area contributed by atoms with Crippen LogP contribution in [0.5, 0.6) is 11.5 Å². The van der Waals surface area contributed by atoms with Crippen molar-refractivity contribution in [2.45, 2.75) is 13.0 Å². The maximum absolute atomic E-state index is 13.1. The third kappa shape index (κ3) is 3.89. The Morgan fingerprint density at radius 2 is 1.95 bits per heavy atom. The van der Waals surface area contributed by atoms with Gasteiger partial charge in [0.1, 0.15) is 18.0 Å². The zero-order chi connectivity index (χ0) is 15.9. The molecule has 2 aromatic carbocycles. The van der Waals surface area contributed by atoms with E-state index in [1.165, 1.54) is 12.1 Å². The van der Waals surface area contributed by atoms with Gasteiger partial charge in [-0.15, -0.1) is 0 Å². The van der Waals surface area contributed by atoms with Gasteiger partial charge < -0.3 is 14.8 Å². The topological polar surface area (TPSA) is 54.3 Å². The van der Waals surface area contributed by atoms with Crippen molar-refractivity contribution < 1.29 is 13.9 Å². The van der Waals surface area contributed by atoms with Gasteiger partial charge in [-0.25, -0.2) is 4.39 Å². The molecule has 5 heteroatoms. The van der Waals surface area contributed by atoms with Crippen LogP contribution in [0.3, 0.4) is 0 Å². The molecule has 22 heavy (non-hydrogen) atoms. The van der Waals surface area contributed by atoms with E-state index >= 15 is 0 Å². The highest BCUT2D eigenvalue weighted by Crippen LogP contribution is 2.27. The molecule has 0 amide bonds. The second kappa shape index (κ2) is 7.32. The predicted octanol–water partition coefficient (Wildman–Crippen LogP) is 3.59. The summed E-state index contributed by atoms with van der Waals surface area (Å²) in [4.78, 5) is 0. The molecule has 0 aromatic heterocycles. The number of nitriles is 1. The second-order valence-electron chi connectivity index (χ2n) is 4.76. The minimum Gasteiger partial charge on any atom is -0.493 e. The van der Waals surface area contributed by atoms with Gasteiger partial charge in [-0.3, -0.25) is 0 Å². The lowest BCUT2D eigenvalue weighted by atomic mass is 10.2. The number of rotatable bonds is 6. The Labute approximate surface area is 129 Å². The van der Waals surface area contributed by atoms with Crippen molar-refractivity contribution in [3.8, 4) is 17.6 Å². The van der Waals surface area contributed by atoms with E-state index in [1.54, 1.807) is 13.2 Å². The van der Waals surface area contributed by atoms with Gasteiger partial charge in [0.25, 0.3) is 0 Å². The fraction of sp³-hybridized carbons (Fsp3) is 0.235. The standard InChI is InChI=1S/C17H17FN2O2/c1-12(22-17-6-4-3-5-16(17)21-2)11-20-15-8-7-14(18)9-13(15)10-19/h3-9,12,20H,11H2,1-2H3.